The predicted octanol–water partition coefficient (Wildman–Crippen LogP) is 3.80. The lowest BCUT2D eigenvalue weighted by Crippen LogP contribution is -2.39. The molecule has 0 bridgehead atoms. The largest absolute Gasteiger partial charge is 0.480 e. The van der Waals surface area contributed by atoms with Gasteiger partial charge in [-0.3, -0.25) is 4.79 Å². The van der Waals surface area contributed by atoms with Crippen LogP contribution in [0, 0.1) is 6.92 Å². The van der Waals surface area contributed by atoms with Gasteiger partial charge in [-0.1, -0.05) is 43.3 Å². The van der Waals surface area contributed by atoms with Gasteiger partial charge in [-0.2, -0.15) is 0 Å². The summed E-state index contributed by atoms with van der Waals surface area (Å²) in [5.74, 6) is 0.724. The standard InChI is InChI=1S/C21H28N2O2/c1-4-19(25-20-14-9-8-11-17(20)2)21(24)22-15-10-16-23(3)18-12-6-5-7-13-18/h5-9,11-14,19H,4,10,15-16H2,1-3H3,(H,22,24)/t19-/m0/s1. The first-order chi connectivity index (χ1) is 12.1. The van der Waals surface area contributed by atoms with Gasteiger partial charge in [0.1, 0.15) is 5.75 Å². The third-order valence-electron chi connectivity index (χ3n) is 4.19. The minimum Gasteiger partial charge on any atom is -0.480 e. The highest BCUT2D eigenvalue weighted by atomic mass is 16.5. The summed E-state index contributed by atoms with van der Waals surface area (Å²) in [6, 6.07) is 18.0. The molecule has 2 aromatic carbocycles. The normalized spacial score (nSPS) is 11.6. The quantitative estimate of drug-likeness (QED) is 0.706. The van der Waals surface area contributed by atoms with Gasteiger partial charge in [0.05, 0.1) is 0 Å². The number of hydrogen-bond acceptors (Lipinski definition) is 3. The Morgan fingerprint density at radius 2 is 1.80 bits per heavy atom. The monoisotopic (exact) mass is 340 g/mol. The summed E-state index contributed by atoms with van der Waals surface area (Å²) < 4.78 is 5.88. The van der Waals surface area contributed by atoms with Crippen molar-refractivity contribution in [2.24, 2.45) is 0 Å². The fourth-order valence-corrected chi connectivity index (χ4v) is 2.62. The molecule has 0 aliphatic heterocycles. The molecule has 2 rings (SSSR count). The maximum atomic E-state index is 12.4. The van der Waals surface area contributed by atoms with E-state index in [2.05, 4.69) is 29.4 Å². The number of hydrogen-bond donors (Lipinski definition) is 1. The number of para-hydroxylation sites is 2. The second-order valence-corrected chi connectivity index (χ2v) is 6.18. The van der Waals surface area contributed by atoms with Gasteiger partial charge in [0.2, 0.25) is 0 Å². The number of carbonyl (C=O) groups excluding carboxylic acids is 1. The van der Waals surface area contributed by atoms with E-state index in [9.17, 15) is 4.79 Å². The molecule has 0 unspecified atom stereocenters. The molecule has 0 radical (unpaired) electrons. The zero-order chi connectivity index (χ0) is 18.1. The molecule has 0 aliphatic rings. The number of rotatable bonds is 9. The first-order valence-electron chi connectivity index (χ1n) is 8.88. The molecule has 0 heterocycles. The number of aryl methyl sites for hydroxylation is 1. The van der Waals surface area contributed by atoms with E-state index in [0.29, 0.717) is 13.0 Å². The van der Waals surface area contributed by atoms with Gasteiger partial charge in [0.15, 0.2) is 6.10 Å². The number of amides is 1. The Bertz CT molecular complexity index is 658. The van der Waals surface area contributed by atoms with Gasteiger partial charge in [0.25, 0.3) is 5.91 Å². The van der Waals surface area contributed by atoms with E-state index < -0.39 is 6.10 Å². The summed E-state index contributed by atoms with van der Waals surface area (Å²) >= 11 is 0. The Labute approximate surface area is 150 Å². The number of anilines is 1. The van der Waals surface area contributed by atoms with Crippen LogP contribution in [0.1, 0.15) is 25.3 Å². The second kappa shape index (κ2) is 9.72. The number of carbonyl (C=O) groups is 1. The molecule has 1 N–H and O–H groups in total. The molecular weight excluding hydrogens is 312 g/mol. The molecule has 0 saturated heterocycles. The summed E-state index contributed by atoms with van der Waals surface area (Å²) in [7, 11) is 2.06. The lowest BCUT2D eigenvalue weighted by Gasteiger charge is -2.21. The summed E-state index contributed by atoms with van der Waals surface area (Å²) in [5.41, 5.74) is 2.22. The summed E-state index contributed by atoms with van der Waals surface area (Å²) in [6.07, 6.45) is 1.08. The van der Waals surface area contributed by atoms with Gasteiger partial charge in [0, 0.05) is 25.8 Å². The number of nitrogens with zero attached hydrogens (tertiary/aromatic N) is 1. The lowest BCUT2D eigenvalue weighted by atomic mass is 10.2. The number of nitrogens with one attached hydrogen (secondary N) is 1. The highest BCUT2D eigenvalue weighted by molar-refractivity contribution is 5.81. The van der Waals surface area contributed by atoms with E-state index in [0.717, 1.165) is 24.3 Å². The SMILES string of the molecule is CC[C@H](Oc1ccccc1C)C(=O)NCCCN(C)c1ccccc1. The molecule has 4 nitrogen and oxygen atoms in total. The third kappa shape index (κ3) is 5.82. The molecule has 0 fully saturated rings. The fraction of sp³-hybridized carbons (Fsp3) is 0.381. The van der Waals surface area contributed by atoms with Crippen LogP contribution >= 0.6 is 0 Å². The zero-order valence-corrected chi connectivity index (χ0v) is 15.4. The number of benzene rings is 2. The van der Waals surface area contributed by atoms with Crippen molar-refractivity contribution in [2.75, 3.05) is 25.0 Å². The smallest absolute Gasteiger partial charge is 0.261 e. The van der Waals surface area contributed by atoms with Crippen molar-refractivity contribution in [1.29, 1.82) is 0 Å². The molecule has 1 atom stereocenters. The van der Waals surface area contributed by atoms with Crippen molar-refractivity contribution in [1.82, 2.24) is 5.32 Å². The average molecular weight is 340 g/mol. The highest BCUT2D eigenvalue weighted by Gasteiger charge is 2.18. The molecular formula is C21H28N2O2. The van der Waals surface area contributed by atoms with Crippen LogP contribution in [0.3, 0.4) is 0 Å². The molecule has 4 heteroatoms. The summed E-state index contributed by atoms with van der Waals surface area (Å²) in [4.78, 5) is 14.5. The van der Waals surface area contributed by atoms with E-state index in [4.69, 9.17) is 4.74 Å². The molecule has 1 amide bonds. The van der Waals surface area contributed by atoms with E-state index in [1.807, 2.05) is 56.3 Å². The summed E-state index contributed by atoms with van der Waals surface area (Å²) in [6.45, 7) is 5.48. The Morgan fingerprint density at radius 3 is 2.48 bits per heavy atom. The van der Waals surface area contributed by atoms with Crippen molar-refractivity contribution in [3.8, 4) is 5.75 Å². The van der Waals surface area contributed by atoms with E-state index in [-0.39, 0.29) is 5.91 Å². The van der Waals surface area contributed by atoms with Gasteiger partial charge in [-0.15, -0.1) is 0 Å². The lowest BCUT2D eigenvalue weighted by molar-refractivity contribution is -0.128. The maximum Gasteiger partial charge on any atom is 0.261 e. The Morgan fingerprint density at radius 1 is 1.12 bits per heavy atom. The third-order valence-corrected chi connectivity index (χ3v) is 4.19. The molecule has 0 aromatic heterocycles. The summed E-state index contributed by atoms with van der Waals surface area (Å²) in [5, 5.41) is 2.99. The molecule has 134 valence electrons. The van der Waals surface area contributed by atoms with Crippen molar-refractivity contribution in [3.05, 3.63) is 60.2 Å². The number of ether oxygens (including phenoxy) is 1. The fourth-order valence-electron chi connectivity index (χ4n) is 2.62. The van der Waals surface area contributed by atoms with Crippen molar-refractivity contribution < 1.29 is 9.53 Å². The molecule has 0 aliphatic carbocycles. The zero-order valence-electron chi connectivity index (χ0n) is 15.4. The predicted molar refractivity (Wildman–Crippen MR) is 103 cm³/mol. The minimum atomic E-state index is -0.451. The van der Waals surface area contributed by atoms with Gasteiger partial charge in [-0.05, 0) is 43.5 Å². The van der Waals surface area contributed by atoms with Crippen LogP contribution in [-0.2, 0) is 4.79 Å². The van der Waals surface area contributed by atoms with E-state index in [1.165, 1.54) is 5.69 Å². The molecule has 0 saturated carbocycles. The van der Waals surface area contributed by atoms with Crippen LogP contribution in [-0.4, -0.2) is 32.1 Å². The maximum absolute atomic E-state index is 12.4. The van der Waals surface area contributed by atoms with Crippen LogP contribution in [0.15, 0.2) is 54.6 Å². The van der Waals surface area contributed by atoms with Crippen LogP contribution in [0.5, 0.6) is 5.75 Å². The van der Waals surface area contributed by atoms with E-state index in [1.54, 1.807) is 0 Å². The van der Waals surface area contributed by atoms with E-state index >= 15 is 0 Å². The minimum absolute atomic E-state index is 0.0480. The van der Waals surface area contributed by atoms with Gasteiger partial charge >= 0.3 is 0 Å². The van der Waals surface area contributed by atoms with Crippen molar-refractivity contribution in [3.63, 3.8) is 0 Å². The Hall–Kier alpha value is -2.49. The van der Waals surface area contributed by atoms with Gasteiger partial charge < -0.3 is 15.0 Å². The van der Waals surface area contributed by atoms with Crippen molar-refractivity contribution in [2.45, 2.75) is 32.8 Å². The molecule has 2 aromatic rings. The van der Waals surface area contributed by atoms with Crippen LogP contribution in [0.4, 0.5) is 5.69 Å². The van der Waals surface area contributed by atoms with Crippen LogP contribution in [0.25, 0.3) is 0 Å². The van der Waals surface area contributed by atoms with Crippen LogP contribution < -0.4 is 15.0 Å². The Balaban J connectivity index is 1.75. The molecule has 25 heavy (non-hydrogen) atoms. The first-order valence-corrected chi connectivity index (χ1v) is 8.88. The Kier molecular flexibility index (Phi) is 7.33. The average Bonchev–Trinajstić information content (AvgIpc) is 2.65. The second-order valence-electron chi connectivity index (χ2n) is 6.18. The van der Waals surface area contributed by atoms with Crippen LogP contribution in [0.2, 0.25) is 0 Å². The first kappa shape index (κ1) is 18.8. The topological polar surface area (TPSA) is 41.6 Å². The van der Waals surface area contributed by atoms with Crippen molar-refractivity contribution >= 4 is 11.6 Å². The molecule has 0 spiro atoms. The van der Waals surface area contributed by atoms with Gasteiger partial charge in [-0.25, -0.2) is 0 Å². The highest BCUT2D eigenvalue weighted by Crippen LogP contribution is 2.18.